The zero-order valence-corrected chi connectivity index (χ0v) is 69.8. The lowest BCUT2D eigenvalue weighted by molar-refractivity contribution is -0.389. The van der Waals surface area contributed by atoms with Gasteiger partial charge in [-0.3, -0.25) is 0 Å². The minimum atomic E-state index is -2.79. The standard InChI is InChI=1S/C81H144N2O33/c1-15-18-55(109-61-33-80(14,83)74(101)44(13)106-61)39(8)63(92)45(16-2)22-25-51(87)38(7)56-26-20-36(5)62(91)40(9)57(111-78-71(100)69(98)67(96)59(34-84)113-78)31-53(89)37(6)52(88)28-49-29-54(90)75(102)81(104,116-49)32-58(35(4)19-23-47(85)27-48(86)24-21-46(17-3)76(103)110-56)112-79-73(115-77-70(99)68(97)65(94)42(11)107-77)72(66(95)43(12)108-79)114-60-30-50(82)64(93)41(10)105-60/h20-22,25,35,37-45,47-75,77-79,84-102,104H,15-19,23-24,26-34,82-83H2,1-14H3. The molecule has 7 heterocycles. The van der Waals surface area contributed by atoms with Crippen molar-refractivity contribution < 1.29 is 164 Å². The molecule has 0 amide bonds. The number of nitrogens with two attached hydrogens (primary N) is 2. The summed E-state index contributed by atoms with van der Waals surface area (Å²) in [4.78, 5) is 14.6. The number of carbonyl (C=O) groups is 1. The largest absolute Gasteiger partial charge is 0.458 e. The summed E-state index contributed by atoms with van der Waals surface area (Å²) in [7, 11) is 0. The number of fused-ring (bicyclic) bond motifs is 2. The summed E-state index contributed by atoms with van der Waals surface area (Å²) in [6.45, 7) is 22.2. The molecule has 24 N–H and O–H groups in total. The van der Waals surface area contributed by atoms with Crippen molar-refractivity contribution >= 4 is 5.97 Å². The Balaban J connectivity index is 1.24. The van der Waals surface area contributed by atoms with Gasteiger partial charge in [0, 0.05) is 91.7 Å². The van der Waals surface area contributed by atoms with Gasteiger partial charge in [0.1, 0.15) is 73.2 Å². The third-order valence-electron chi connectivity index (χ3n) is 25.4. The third-order valence-corrected chi connectivity index (χ3v) is 25.4. The molecule has 0 spiro atoms. The first-order valence-corrected chi connectivity index (χ1v) is 41.9. The average Bonchev–Trinajstić information content (AvgIpc) is 0.772. The average molecular weight is 1670 g/mol. The van der Waals surface area contributed by atoms with Gasteiger partial charge in [0.2, 0.25) is 0 Å². The van der Waals surface area contributed by atoms with Crippen molar-refractivity contribution in [2.45, 2.75) is 425 Å². The monoisotopic (exact) mass is 1670 g/mol. The molecule has 0 aromatic rings. The lowest BCUT2D eigenvalue weighted by Gasteiger charge is -2.50. The Bertz CT molecular complexity index is 3010. The summed E-state index contributed by atoms with van der Waals surface area (Å²) >= 11 is 0. The molecule has 6 fully saturated rings. The van der Waals surface area contributed by atoms with Crippen LogP contribution in [0.5, 0.6) is 0 Å². The quantitative estimate of drug-likeness (QED) is 0.0424. The third kappa shape index (κ3) is 25.8. The van der Waals surface area contributed by atoms with Gasteiger partial charge in [-0.15, -0.1) is 0 Å². The summed E-state index contributed by atoms with van der Waals surface area (Å²) in [5.41, 5.74) is 12.1. The zero-order chi connectivity index (χ0) is 86.6. The van der Waals surface area contributed by atoms with E-state index in [1.54, 1.807) is 60.6 Å². The number of aliphatic hydroxyl groups excluding tert-OH is 19. The van der Waals surface area contributed by atoms with E-state index in [2.05, 4.69) is 0 Å². The number of aliphatic hydroxyl groups is 20. The van der Waals surface area contributed by atoms with Crippen molar-refractivity contribution in [1.82, 2.24) is 0 Å². The van der Waals surface area contributed by atoms with Crippen LogP contribution in [0.15, 0.2) is 35.5 Å². The summed E-state index contributed by atoms with van der Waals surface area (Å²) < 4.78 is 75.2. The minimum Gasteiger partial charge on any atom is -0.458 e. The minimum absolute atomic E-state index is 0.0139. The maximum Gasteiger partial charge on any atom is 0.333 e. The Morgan fingerprint density at radius 1 is 0.595 bits per heavy atom. The van der Waals surface area contributed by atoms with E-state index in [4.69, 9.17) is 68.3 Å². The Kier molecular flexibility index (Phi) is 38.8. The van der Waals surface area contributed by atoms with E-state index >= 15 is 0 Å². The first-order chi connectivity index (χ1) is 54.3. The smallest absolute Gasteiger partial charge is 0.333 e. The van der Waals surface area contributed by atoms with Gasteiger partial charge in [0.15, 0.2) is 37.2 Å². The fourth-order valence-corrected chi connectivity index (χ4v) is 16.8. The van der Waals surface area contributed by atoms with Gasteiger partial charge < -0.3 is 170 Å². The fourth-order valence-electron chi connectivity index (χ4n) is 16.8. The molecule has 676 valence electrons. The van der Waals surface area contributed by atoms with Gasteiger partial charge >= 0.3 is 5.97 Å². The molecule has 7 aliphatic rings. The normalized spacial score (nSPS) is 46.7. The van der Waals surface area contributed by atoms with E-state index in [0.29, 0.717) is 19.3 Å². The van der Waals surface area contributed by atoms with Crippen LogP contribution in [0.3, 0.4) is 0 Å². The Morgan fingerprint density at radius 2 is 1.19 bits per heavy atom. The maximum atomic E-state index is 14.6. The molecule has 2 bridgehead atoms. The number of esters is 1. The van der Waals surface area contributed by atoms with E-state index in [9.17, 15) is 107 Å². The van der Waals surface area contributed by atoms with E-state index < -0.39 is 306 Å². The van der Waals surface area contributed by atoms with Gasteiger partial charge in [-0.2, -0.15) is 0 Å². The number of ether oxygens (including phenoxy) is 12. The highest BCUT2D eigenvalue weighted by Gasteiger charge is 2.57. The molecule has 0 saturated carbocycles. The van der Waals surface area contributed by atoms with Crippen LogP contribution in [0.25, 0.3) is 0 Å². The summed E-state index contributed by atoms with van der Waals surface area (Å²) in [6.07, 6.45) is -44.7. The van der Waals surface area contributed by atoms with Crippen molar-refractivity contribution in [3.63, 3.8) is 0 Å². The Labute approximate surface area is 681 Å². The molecule has 7 rings (SSSR count). The van der Waals surface area contributed by atoms with E-state index in [1.165, 1.54) is 39.8 Å². The maximum absolute atomic E-state index is 14.6. The lowest BCUT2D eigenvalue weighted by Crippen LogP contribution is -2.65. The number of cyclic esters (lactones) is 1. The first kappa shape index (κ1) is 100. The second kappa shape index (κ2) is 44.8. The van der Waals surface area contributed by atoms with E-state index in [0.717, 1.165) is 0 Å². The highest BCUT2D eigenvalue weighted by Crippen LogP contribution is 2.42. The van der Waals surface area contributed by atoms with Crippen molar-refractivity contribution in [2.24, 2.45) is 47.0 Å². The van der Waals surface area contributed by atoms with Gasteiger partial charge in [0.05, 0.1) is 116 Å². The van der Waals surface area contributed by atoms with E-state index in [-0.39, 0.29) is 62.5 Å². The van der Waals surface area contributed by atoms with E-state index in [1.807, 2.05) is 20.8 Å². The van der Waals surface area contributed by atoms with Crippen molar-refractivity contribution in [1.29, 1.82) is 0 Å². The summed E-state index contributed by atoms with van der Waals surface area (Å²) in [5, 5.41) is 231. The zero-order valence-electron chi connectivity index (χ0n) is 69.8. The van der Waals surface area contributed by atoms with Crippen LogP contribution in [0, 0.1) is 35.5 Å². The summed E-state index contributed by atoms with van der Waals surface area (Å²) in [6, 6.07) is -0.877. The van der Waals surface area contributed by atoms with Gasteiger partial charge in [-0.1, -0.05) is 86.1 Å². The van der Waals surface area contributed by atoms with Crippen molar-refractivity contribution in [2.75, 3.05) is 6.61 Å². The Morgan fingerprint density at radius 3 is 1.81 bits per heavy atom. The molecule has 6 saturated heterocycles. The fraction of sp³-hybridized carbons (Fsp3) is 0.914. The summed E-state index contributed by atoms with van der Waals surface area (Å²) in [5.74, 6) is -8.74. The molecular weight excluding hydrogens is 1530 g/mol. The van der Waals surface area contributed by atoms with Crippen LogP contribution in [0.1, 0.15) is 193 Å². The molecule has 0 aliphatic carbocycles. The highest BCUT2D eigenvalue weighted by molar-refractivity contribution is 5.88. The number of hydrogen-bond donors (Lipinski definition) is 22. The van der Waals surface area contributed by atoms with Crippen molar-refractivity contribution in [3.8, 4) is 0 Å². The predicted molar refractivity (Wildman–Crippen MR) is 412 cm³/mol. The second-order valence-electron chi connectivity index (χ2n) is 34.7. The SMILES string of the molecule is CCCC(OC1CC(C)(N)C(O)C(C)O1)C(C)C(O)C(C=CC(O)C(C)C1CC=C(C)C(O)C(C)C(OC2OC(CO)C(O)C(O)C2O)CC(O)C(C)C(O)CC2CC(O)C(O)C(O)(CC(OC3OC(C)C(O)C(OC4CC(N)C(O)C(C)O4)C3OC3OC(C)C(O)C(O)C3O)C(C)CCC(O)CC(O)CC=C(CC)C(=O)O1)O2)CC. The van der Waals surface area contributed by atoms with Crippen LogP contribution in [0.2, 0.25) is 0 Å². The second-order valence-corrected chi connectivity index (χ2v) is 34.7. The van der Waals surface area contributed by atoms with Crippen LogP contribution >= 0.6 is 0 Å². The number of hydrogen-bond acceptors (Lipinski definition) is 35. The molecule has 0 radical (unpaired) electrons. The molecule has 7 aliphatic heterocycles. The molecule has 0 aromatic heterocycles. The highest BCUT2D eigenvalue weighted by atomic mass is 16.8. The first-order valence-electron chi connectivity index (χ1n) is 41.9. The van der Waals surface area contributed by atoms with Crippen LogP contribution < -0.4 is 11.5 Å². The molecule has 116 heavy (non-hydrogen) atoms. The molecule has 35 heteroatoms. The molecule has 0 aromatic carbocycles. The molecule has 44 atom stereocenters. The van der Waals surface area contributed by atoms with Crippen LogP contribution in [0.4, 0.5) is 0 Å². The molecule has 35 nitrogen and oxygen atoms in total. The van der Waals surface area contributed by atoms with Gasteiger partial charge in [0.25, 0.3) is 0 Å². The lowest BCUT2D eigenvalue weighted by atomic mass is 9.82. The van der Waals surface area contributed by atoms with Gasteiger partial charge in [-0.05, 0) is 98.0 Å². The van der Waals surface area contributed by atoms with Crippen LogP contribution in [-0.2, 0) is 61.6 Å². The number of rotatable bonds is 22. The van der Waals surface area contributed by atoms with Crippen molar-refractivity contribution in [3.05, 3.63) is 35.5 Å². The Hall–Kier alpha value is -2.63. The van der Waals surface area contributed by atoms with Gasteiger partial charge in [-0.25, -0.2) is 4.79 Å². The van der Waals surface area contributed by atoms with Crippen LogP contribution in [-0.4, -0.2) is 347 Å². The molecule has 44 unspecified atom stereocenters. The number of carbonyl (C=O) groups excluding carboxylic acids is 1. The predicted octanol–water partition coefficient (Wildman–Crippen LogP) is -1.70. The molecular formula is C81H144N2O33. The topological polar surface area (TPSA) is 584 Å².